The number of fused-ring (bicyclic) bond motifs is 1. The average Bonchev–Trinajstić information content (AvgIpc) is 2.85. The van der Waals surface area contributed by atoms with Crippen LogP contribution >= 0.6 is 7.60 Å². The molecule has 0 aliphatic rings. The molecule has 0 bridgehead atoms. The zero-order chi connectivity index (χ0) is 18.6. The van der Waals surface area contributed by atoms with Crippen LogP contribution in [0.4, 0.5) is 11.8 Å². The van der Waals surface area contributed by atoms with Crippen LogP contribution < -0.4 is 11.5 Å². The number of rotatable bonds is 9. The van der Waals surface area contributed by atoms with Gasteiger partial charge in [-0.3, -0.25) is 4.57 Å². The third-order valence-electron chi connectivity index (χ3n) is 2.85. The van der Waals surface area contributed by atoms with Crippen molar-refractivity contribution in [3.8, 4) is 0 Å². The van der Waals surface area contributed by atoms with Crippen molar-refractivity contribution in [2.75, 3.05) is 24.4 Å². The summed E-state index contributed by atoms with van der Waals surface area (Å²) in [6, 6.07) is 0. The van der Waals surface area contributed by atoms with Crippen molar-refractivity contribution in [3.05, 3.63) is 0 Å². The smallest absolute Gasteiger partial charge is 0.356 e. The molecule has 2 aromatic heterocycles. The Labute approximate surface area is 145 Å². The van der Waals surface area contributed by atoms with E-state index in [4.69, 9.17) is 25.3 Å². The van der Waals surface area contributed by atoms with Crippen LogP contribution in [0.5, 0.6) is 0 Å². The molecule has 0 amide bonds. The van der Waals surface area contributed by atoms with Crippen LogP contribution in [0.25, 0.3) is 11.2 Å². The van der Waals surface area contributed by atoms with E-state index in [1.807, 2.05) is 0 Å². The largest absolute Gasteiger partial charge is 0.382 e. The SMILES string of the molecule is CC(C)OP(=O)(COCCn1nnc2c(N)nc(N)nc21)OC(C)C. The summed E-state index contributed by atoms with van der Waals surface area (Å²) in [6.07, 6.45) is -0.639. The Morgan fingerprint density at radius 1 is 1.12 bits per heavy atom. The molecule has 0 aromatic carbocycles. The van der Waals surface area contributed by atoms with E-state index in [2.05, 4.69) is 20.3 Å². The highest BCUT2D eigenvalue weighted by atomic mass is 31.2. The number of nitrogen functional groups attached to an aromatic ring is 2. The summed E-state index contributed by atoms with van der Waals surface area (Å²) in [5, 5.41) is 7.86. The molecule has 140 valence electrons. The molecular formula is C13H24N7O4P. The Morgan fingerprint density at radius 3 is 2.36 bits per heavy atom. The normalized spacial score (nSPS) is 12.6. The van der Waals surface area contributed by atoms with Crippen molar-refractivity contribution < 1.29 is 18.3 Å². The molecule has 0 spiro atoms. The maximum Gasteiger partial charge on any atom is 0.356 e. The highest BCUT2D eigenvalue weighted by molar-refractivity contribution is 7.53. The molecule has 0 radical (unpaired) electrons. The Kier molecular flexibility index (Phi) is 6.28. The predicted octanol–water partition coefficient (Wildman–Crippen LogP) is 1.40. The second-order valence-electron chi connectivity index (χ2n) is 5.91. The maximum absolute atomic E-state index is 12.6. The summed E-state index contributed by atoms with van der Waals surface area (Å²) in [6.45, 7) is 7.66. The predicted molar refractivity (Wildman–Crippen MR) is 92.8 cm³/mol. The van der Waals surface area contributed by atoms with Crippen molar-refractivity contribution in [1.82, 2.24) is 25.0 Å². The lowest BCUT2D eigenvalue weighted by atomic mass is 10.5. The molecule has 0 aliphatic carbocycles. The fraction of sp³-hybridized carbons (Fsp3) is 0.692. The van der Waals surface area contributed by atoms with Crippen LogP contribution in [0.1, 0.15) is 27.7 Å². The van der Waals surface area contributed by atoms with E-state index in [9.17, 15) is 4.57 Å². The average molecular weight is 373 g/mol. The number of nitrogens with two attached hydrogens (primary N) is 2. The zero-order valence-corrected chi connectivity index (χ0v) is 15.6. The second kappa shape index (κ2) is 8.05. The van der Waals surface area contributed by atoms with Crippen molar-refractivity contribution in [2.24, 2.45) is 0 Å². The number of aromatic nitrogens is 5. The van der Waals surface area contributed by atoms with Crippen LogP contribution in [0.15, 0.2) is 0 Å². The Hall–Kier alpha value is -1.81. The van der Waals surface area contributed by atoms with E-state index < -0.39 is 7.60 Å². The molecule has 25 heavy (non-hydrogen) atoms. The number of nitrogens with zero attached hydrogens (tertiary/aromatic N) is 5. The molecule has 0 atom stereocenters. The summed E-state index contributed by atoms with van der Waals surface area (Å²) in [4.78, 5) is 7.89. The van der Waals surface area contributed by atoms with E-state index in [1.54, 1.807) is 27.7 Å². The molecule has 0 unspecified atom stereocenters. The van der Waals surface area contributed by atoms with Gasteiger partial charge in [-0.05, 0) is 27.7 Å². The van der Waals surface area contributed by atoms with Crippen LogP contribution in [0.3, 0.4) is 0 Å². The quantitative estimate of drug-likeness (QED) is 0.487. The van der Waals surface area contributed by atoms with E-state index in [0.717, 1.165) is 0 Å². The Morgan fingerprint density at radius 2 is 1.76 bits per heavy atom. The van der Waals surface area contributed by atoms with Gasteiger partial charge in [0.05, 0.1) is 25.4 Å². The van der Waals surface area contributed by atoms with E-state index >= 15 is 0 Å². The zero-order valence-electron chi connectivity index (χ0n) is 14.7. The van der Waals surface area contributed by atoms with Crippen LogP contribution in [0, 0.1) is 0 Å². The standard InChI is InChI=1S/C13H24N7O4P/c1-8(2)23-25(21,24-9(3)4)7-22-6-5-20-12-10(18-19-20)11(14)16-13(15)17-12/h8-9H,5-7H2,1-4H3,(H4,14,15,16,17). The molecule has 0 fully saturated rings. The number of anilines is 2. The first-order valence-electron chi connectivity index (χ1n) is 7.86. The molecule has 2 aromatic rings. The summed E-state index contributed by atoms with van der Waals surface area (Å²) < 4.78 is 30.4. The minimum absolute atomic E-state index is 0.0367. The summed E-state index contributed by atoms with van der Waals surface area (Å²) >= 11 is 0. The highest BCUT2D eigenvalue weighted by Gasteiger charge is 2.28. The monoisotopic (exact) mass is 373 g/mol. The summed E-state index contributed by atoms with van der Waals surface area (Å²) in [5.41, 5.74) is 12.1. The van der Waals surface area contributed by atoms with Gasteiger partial charge < -0.3 is 25.3 Å². The molecule has 0 saturated carbocycles. The Bertz CT molecular complexity index is 750. The second-order valence-corrected chi connectivity index (χ2v) is 7.81. The lowest BCUT2D eigenvalue weighted by Crippen LogP contribution is -2.14. The molecule has 0 aliphatic heterocycles. The van der Waals surface area contributed by atoms with Crippen molar-refractivity contribution >= 4 is 30.5 Å². The van der Waals surface area contributed by atoms with E-state index in [1.165, 1.54) is 4.68 Å². The van der Waals surface area contributed by atoms with Gasteiger partial charge in [0.25, 0.3) is 0 Å². The fourth-order valence-electron chi connectivity index (χ4n) is 2.10. The van der Waals surface area contributed by atoms with E-state index in [0.29, 0.717) is 17.7 Å². The van der Waals surface area contributed by atoms with Gasteiger partial charge >= 0.3 is 7.60 Å². The van der Waals surface area contributed by atoms with E-state index in [-0.39, 0.29) is 36.9 Å². The molecule has 4 N–H and O–H groups in total. The summed E-state index contributed by atoms with van der Waals surface area (Å²) in [7, 11) is -3.34. The molecule has 12 heteroatoms. The number of hydrogen-bond acceptors (Lipinski definition) is 10. The fourth-order valence-corrected chi connectivity index (χ4v) is 3.91. The third kappa shape index (κ3) is 5.33. The minimum Gasteiger partial charge on any atom is -0.382 e. The molecule has 0 saturated heterocycles. The molecular weight excluding hydrogens is 349 g/mol. The van der Waals surface area contributed by atoms with Crippen molar-refractivity contribution in [1.29, 1.82) is 0 Å². The van der Waals surface area contributed by atoms with Crippen LogP contribution in [0.2, 0.25) is 0 Å². The summed E-state index contributed by atoms with van der Waals surface area (Å²) in [5.74, 6) is 0.199. The van der Waals surface area contributed by atoms with Gasteiger partial charge in [-0.1, -0.05) is 5.21 Å². The lowest BCUT2D eigenvalue weighted by molar-refractivity contribution is 0.0951. The topological polar surface area (TPSA) is 153 Å². The third-order valence-corrected chi connectivity index (χ3v) is 4.83. The Balaban J connectivity index is 1.97. The van der Waals surface area contributed by atoms with Gasteiger partial charge in [0.1, 0.15) is 6.35 Å². The van der Waals surface area contributed by atoms with Crippen molar-refractivity contribution in [2.45, 2.75) is 46.4 Å². The number of hydrogen-bond donors (Lipinski definition) is 2. The first-order chi connectivity index (χ1) is 11.7. The van der Waals surface area contributed by atoms with Gasteiger partial charge in [-0.2, -0.15) is 9.97 Å². The molecule has 11 nitrogen and oxygen atoms in total. The first kappa shape index (κ1) is 19.5. The van der Waals surface area contributed by atoms with Gasteiger partial charge in [-0.25, -0.2) is 4.68 Å². The lowest BCUT2D eigenvalue weighted by Gasteiger charge is -2.22. The minimum atomic E-state index is -3.34. The maximum atomic E-state index is 12.6. The van der Waals surface area contributed by atoms with Gasteiger partial charge in [-0.15, -0.1) is 5.10 Å². The molecule has 2 heterocycles. The number of ether oxygens (including phenoxy) is 1. The van der Waals surface area contributed by atoms with Gasteiger partial charge in [0, 0.05) is 0 Å². The molecule has 2 rings (SSSR count). The first-order valence-corrected chi connectivity index (χ1v) is 9.59. The van der Waals surface area contributed by atoms with Crippen molar-refractivity contribution in [3.63, 3.8) is 0 Å². The van der Waals surface area contributed by atoms with Crippen LogP contribution in [-0.2, 0) is 24.9 Å². The van der Waals surface area contributed by atoms with Gasteiger partial charge in [0.2, 0.25) is 5.95 Å². The highest BCUT2D eigenvalue weighted by Crippen LogP contribution is 2.50. The van der Waals surface area contributed by atoms with Crippen LogP contribution in [-0.4, -0.2) is 50.1 Å². The van der Waals surface area contributed by atoms with Gasteiger partial charge in [0.15, 0.2) is 17.0 Å².